The molecule has 1 aliphatic heterocycles. The normalized spacial score (nSPS) is 17.6. The quantitative estimate of drug-likeness (QED) is 0.925. The van der Waals surface area contributed by atoms with Crippen molar-refractivity contribution in [1.29, 1.82) is 0 Å². The number of hydrogen-bond donors (Lipinski definition) is 1. The molecule has 0 saturated heterocycles. The van der Waals surface area contributed by atoms with Crippen LogP contribution in [0.4, 0.5) is 5.69 Å². The van der Waals surface area contributed by atoms with E-state index in [0.717, 1.165) is 10.6 Å². The van der Waals surface area contributed by atoms with Gasteiger partial charge >= 0.3 is 5.91 Å². The lowest BCUT2D eigenvalue weighted by Crippen LogP contribution is -2.45. The van der Waals surface area contributed by atoms with E-state index < -0.39 is 12.2 Å². The molecule has 5 heteroatoms. The van der Waals surface area contributed by atoms with Crippen molar-refractivity contribution in [2.24, 2.45) is 0 Å². The fraction of sp³-hybridized carbons (Fsp3) is 0.133. The molecule has 1 amide bonds. The Balaban J connectivity index is 1.82. The summed E-state index contributed by atoms with van der Waals surface area (Å²) >= 11 is 0. The van der Waals surface area contributed by atoms with E-state index in [-0.39, 0.29) is 6.61 Å². The smallest absolute Gasteiger partial charge is 0.320 e. The number of benzene rings is 2. The van der Waals surface area contributed by atoms with E-state index in [0.29, 0.717) is 11.4 Å². The molecule has 0 radical (unpaired) electrons. The lowest BCUT2D eigenvalue weighted by Gasteiger charge is -2.30. The number of hydrogen-bond acceptors (Lipinski definition) is 4. The van der Waals surface area contributed by atoms with E-state index in [1.54, 1.807) is 24.3 Å². The van der Waals surface area contributed by atoms with E-state index in [9.17, 15) is 9.90 Å². The topological polar surface area (TPSA) is 59.0 Å². The Morgan fingerprint density at radius 1 is 1.10 bits per heavy atom. The maximum absolute atomic E-state index is 11.9. The minimum absolute atomic E-state index is 0.230. The van der Waals surface area contributed by atoms with Gasteiger partial charge in [-0.05, 0) is 17.7 Å². The van der Waals surface area contributed by atoms with Gasteiger partial charge in [0.1, 0.15) is 18.0 Å². The van der Waals surface area contributed by atoms with Crippen molar-refractivity contribution < 1.29 is 19.5 Å². The first-order valence-electron chi connectivity index (χ1n) is 6.20. The number of ether oxygens (including phenoxy) is 1. The Hall–Kier alpha value is -2.37. The Labute approximate surface area is 115 Å². The number of aliphatic hydroxyl groups excluding tert-OH is 1. The second kappa shape index (κ2) is 5.32. The Kier molecular flexibility index (Phi) is 3.37. The van der Waals surface area contributed by atoms with E-state index in [1.165, 1.54) is 0 Å². The van der Waals surface area contributed by atoms with Crippen molar-refractivity contribution in [3.8, 4) is 5.75 Å². The number of amides is 1. The highest BCUT2D eigenvalue weighted by Crippen LogP contribution is 2.33. The summed E-state index contributed by atoms with van der Waals surface area (Å²) in [5, 5.41) is 10.7. The van der Waals surface area contributed by atoms with Crippen LogP contribution in [-0.4, -0.2) is 17.3 Å². The molecule has 0 aliphatic carbocycles. The predicted octanol–water partition coefficient (Wildman–Crippen LogP) is 1.86. The van der Waals surface area contributed by atoms with Crippen LogP contribution in [0.15, 0.2) is 54.6 Å². The molecule has 0 fully saturated rings. The molecule has 2 aromatic carbocycles. The second-order valence-corrected chi connectivity index (χ2v) is 4.33. The van der Waals surface area contributed by atoms with Gasteiger partial charge in [-0.25, -0.2) is 0 Å². The number of para-hydroxylation sites is 2. The summed E-state index contributed by atoms with van der Waals surface area (Å²) < 4.78 is 5.11. The molecular weight excluding hydrogens is 258 g/mol. The molecule has 0 aromatic heterocycles. The molecule has 0 unspecified atom stereocenters. The number of hydroxylamine groups is 1. The first kappa shape index (κ1) is 12.7. The van der Waals surface area contributed by atoms with Gasteiger partial charge in [0.25, 0.3) is 6.29 Å². The molecule has 0 bridgehead atoms. The van der Waals surface area contributed by atoms with Crippen LogP contribution in [0.1, 0.15) is 5.56 Å². The molecule has 3 rings (SSSR count). The van der Waals surface area contributed by atoms with Crippen LogP contribution in [0, 0.1) is 0 Å². The standard InChI is InChI=1S/C15H13NO4/c17-14-15(18)20-13-9-5-4-8-12(13)16(14)19-10-11-6-2-1-3-7-11/h1-9,15,18H,10H2/t15-/m1/s1. The SMILES string of the molecule is O=C1[C@H](O)Oc2ccccc2N1OCc1ccccc1. The molecule has 1 atom stereocenters. The minimum atomic E-state index is -1.54. The maximum Gasteiger partial charge on any atom is 0.320 e. The zero-order chi connectivity index (χ0) is 13.9. The van der Waals surface area contributed by atoms with Crippen LogP contribution < -0.4 is 9.80 Å². The van der Waals surface area contributed by atoms with Crippen molar-refractivity contribution in [3.05, 3.63) is 60.2 Å². The average molecular weight is 271 g/mol. The van der Waals surface area contributed by atoms with Crippen LogP contribution in [0.5, 0.6) is 5.75 Å². The summed E-state index contributed by atoms with van der Waals surface area (Å²) in [6.45, 7) is 0.230. The summed E-state index contributed by atoms with van der Waals surface area (Å²) in [5.74, 6) is -0.229. The molecule has 20 heavy (non-hydrogen) atoms. The molecule has 1 heterocycles. The first-order chi connectivity index (χ1) is 9.75. The monoisotopic (exact) mass is 271 g/mol. The number of carbonyl (C=O) groups is 1. The molecule has 0 saturated carbocycles. The fourth-order valence-electron chi connectivity index (χ4n) is 1.96. The van der Waals surface area contributed by atoms with Gasteiger partial charge in [-0.3, -0.25) is 9.63 Å². The summed E-state index contributed by atoms with van der Waals surface area (Å²) in [4.78, 5) is 17.5. The fourth-order valence-corrected chi connectivity index (χ4v) is 1.96. The maximum atomic E-state index is 11.9. The first-order valence-corrected chi connectivity index (χ1v) is 6.20. The van der Waals surface area contributed by atoms with Gasteiger partial charge in [0.15, 0.2) is 0 Å². The van der Waals surface area contributed by atoms with Crippen molar-refractivity contribution >= 4 is 11.6 Å². The second-order valence-electron chi connectivity index (χ2n) is 4.33. The van der Waals surface area contributed by atoms with Crippen LogP contribution in [0.25, 0.3) is 0 Å². The predicted molar refractivity (Wildman–Crippen MR) is 71.8 cm³/mol. The Bertz CT molecular complexity index is 614. The van der Waals surface area contributed by atoms with Crippen molar-refractivity contribution in [2.45, 2.75) is 12.9 Å². The molecule has 0 spiro atoms. The van der Waals surface area contributed by atoms with Crippen LogP contribution in [0.3, 0.4) is 0 Å². The lowest BCUT2D eigenvalue weighted by molar-refractivity contribution is -0.152. The van der Waals surface area contributed by atoms with Gasteiger partial charge in [-0.15, -0.1) is 0 Å². The summed E-state index contributed by atoms with van der Waals surface area (Å²) in [7, 11) is 0. The molecule has 1 aliphatic rings. The van der Waals surface area contributed by atoms with E-state index in [4.69, 9.17) is 9.57 Å². The highest BCUT2D eigenvalue weighted by molar-refractivity contribution is 5.97. The van der Waals surface area contributed by atoms with Gasteiger partial charge in [0, 0.05) is 0 Å². The van der Waals surface area contributed by atoms with Gasteiger partial charge in [-0.2, -0.15) is 5.06 Å². The highest BCUT2D eigenvalue weighted by atomic mass is 16.7. The third-order valence-corrected chi connectivity index (χ3v) is 2.94. The molecule has 1 N–H and O–H groups in total. The number of fused-ring (bicyclic) bond motifs is 1. The zero-order valence-electron chi connectivity index (χ0n) is 10.6. The van der Waals surface area contributed by atoms with Crippen molar-refractivity contribution in [2.75, 3.05) is 5.06 Å². The minimum Gasteiger partial charge on any atom is -0.453 e. The summed E-state index contributed by atoms with van der Waals surface area (Å²) in [5.41, 5.74) is 1.41. The highest BCUT2D eigenvalue weighted by Gasteiger charge is 2.34. The molecule has 2 aromatic rings. The molecule has 102 valence electrons. The summed E-state index contributed by atoms with van der Waals surface area (Å²) in [6.07, 6.45) is -1.54. The lowest BCUT2D eigenvalue weighted by atomic mass is 10.2. The number of carbonyl (C=O) groups excluding carboxylic acids is 1. The largest absolute Gasteiger partial charge is 0.453 e. The Morgan fingerprint density at radius 2 is 1.80 bits per heavy atom. The number of nitrogens with zero attached hydrogens (tertiary/aromatic N) is 1. The Morgan fingerprint density at radius 3 is 2.60 bits per heavy atom. The number of anilines is 1. The van der Waals surface area contributed by atoms with Crippen molar-refractivity contribution in [3.63, 3.8) is 0 Å². The van der Waals surface area contributed by atoms with Gasteiger partial charge in [0.2, 0.25) is 0 Å². The van der Waals surface area contributed by atoms with Crippen LogP contribution >= 0.6 is 0 Å². The zero-order valence-corrected chi connectivity index (χ0v) is 10.6. The van der Waals surface area contributed by atoms with Crippen molar-refractivity contribution in [1.82, 2.24) is 0 Å². The summed E-state index contributed by atoms with van der Waals surface area (Å²) in [6, 6.07) is 16.4. The van der Waals surface area contributed by atoms with E-state index in [2.05, 4.69) is 0 Å². The number of rotatable bonds is 3. The van der Waals surface area contributed by atoms with Crippen LogP contribution in [-0.2, 0) is 16.2 Å². The third kappa shape index (κ3) is 2.36. The third-order valence-electron chi connectivity index (χ3n) is 2.94. The van der Waals surface area contributed by atoms with Gasteiger partial charge in [0.05, 0.1) is 0 Å². The molecular formula is C15H13NO4. The van der Waals surface area contributed by atoms with E-state index >= 15 is 0 Å². The molecule has 5 nitrogen and oxygen atoms in total. The van der Waals surface area contributed by atoms with E-state index in [1.807, 2.05) is 30.3 Å². The number of aliphatic hydroxyl groups is 1. The van der Waals surface area contributed by atoms with Crippen LogP contribution in [0.2, 0.25) is 0 Å². The van der Waals surface area contributed by atoms with Gasteiger partial charge < -0.3 is 9.84 Å². The average Bonchev–Trinajstić information content (AvgIpc) is 2.49. The van der Waals surface area contributed by atoms with Gasteiger partial charge in [-0.1, -0.05) is 42.5 Å².